The second-order valence-electron chi connectivity index (χ2n) is 4.69. The lowest BCUT2D eigenvalue weighted by molar-refractivity contribution is 0.0472. The molecule has 0 saturated heterocycles. The fourth-order valence-corrected chi connectivity index (χ4v) is 2.02. The molecule has 0 aliphatic carbocycles. The Hall–Kier alpha value is -3.53. The summed E-state index contributed by atoms with van der Waals surface area (Å²) < 4.78 is 6.73. The number of carbonyl (C=O) groups excluding carboxylic acids is 1. The minimum absolute atomic E-state index is 0.101. The second-order valence-corrected chi connectivity index (χ2v) is 4.69. The van der Waals surface area contributed by atoms with E-state index in [0.29, 0.717) is 16.8 Å². The van der Waals surface area contributed by atoms with Crippen molar-refractivity contribution in [3.63, 3.8) is 0 Å². The Balaban J connectivity index is 1.71. The molecule has 1 aromatic heterocycles. The smallest absolute Gasteiger partial charge is 0.338 e. The van der Waals surface area contributed by atoms with E-state index in [9.17, 15) is 4.79 Å². The minimum Gasteiger partial charge on any atom is -0.457 e. The lowest BCUT2D eigenvalue weighted by Gasteiger charge is -2.06. The van der Waals surface area contributed by atoms with Crippen LogP contribution >= 0.6 is 0 Å². The van der Waals surface area contributed by atoms with Gasteiger partial charge >= 0.3 is 5.97 Å². The molecule has 7 heteroatoms. The van der Waals surface area contributed by atoms with Gasteiger partial charge in [-0.05, 0) is 46.3 Å². The topological polar surface area (TPSA) is 93.7 Å². The molecule has 0 bridgehead atoms. The highest BCUT2D eigenvalue weighted by Gasteiger charge is 2.09. The van der Waals surface area contributed by atoms with E-state index in [1.54, 1.807) is 48.5 Å². The van der Waals surface area contributed by atoms with E-state index in [0.717, 1.165) is 5.56 Å². The van der Waals surface area contributed by atoms with Crippen LogP contribution in [0.5, 0.6) is 0 Å². The number of tetrazole rings is 1. The lowest BCUT2D eigenvalue weighted by atomic mass is 10.1. The molecule has 3 rings (SSSR count). The minimum atomic E-state index is -0.456. The van der Waals surface area contributed by atoms with E-state index >= 15 is 0 Å². The van der Waals surface area contributed by atoms with Crippen molar-refractivity contribution in [2.75, 3.05) is 0 Å². The number of aromatic nitrogens is 4. The van der Waals surface area contributed by atoms with Gasteiger partial charge in [0.25, 0.3) is 0 Å². The standard InChI is InChI=1S/C16H11N5O2/c17-9-12-3-1-4-13(7-12)10-23-16(22)14-5-2-6-15(8-14)21-11-18-19-20-21/h1-8,11H,10H2. The van der Waals surface area contributed by atoms with Gasteiger partial charge in [0.1, 0.15) is 12.9 Å². The summed E-state index contributed by atoms with van der Waals surface area (Å²) in [6.07, 6.45) is 1.44. The largest absolute Gasteiger partial charge is 0.457 e. The maximum absolute atomic E-state index is 12.1. The summed E-state index contributed by atoms with van der Waals surface area (Å²) in [5.41, 5.74) is 2.35. The molecular formula is C16H11N5O2. The van der Waals surface area contributed by atoms with Gasteiger partial charge in [0, 0.05) is 0 Å². The van der Waals surface area contributed by atoms with E-state index in [-0.39, 0.29) is 6.61 Å². The quantitative estimate of drug-likeness (QED) is 0.683. The van der Waals surface area contributed by atoms with Gasteiger partial charge < -0.3 is 4.74 Å². The highest BCUT2D eigenvalue weighted by molar-refractivity contribution is 5.90. The number of hydrogen-bond donors (Lipinski definition) is 0. The Morgan fingerprint density at radius 2 is 2.09 bits per heavy atom. The van der Waals surface area contributed by atoms with Gasteiger partial charge in [0.15, 0.2) is 0 Å². The van der Waals surface area contributed by atoms with Crippen LogP contribution in [0.1, 0.15) is 21.5 Å². The van der Waals surface area contributed by atoms with E-state index in [1.165, 1.54) is 11.0 Å². The molecule has 0 N–H and O–H groups in total. The van der Waals surface area contributed by atoms with E-state index in [1.807, 2.05) is 6.07 Å². The van der Waals surface area contributed by atoms with Crippen molar-refractivity contribution in [2.45, 2.75) is 6.61 Å². The number of hydrogen-bond acceptors (Lipinski definition) is 6. The van der Waals surface area contributed by atoms with Crippen LogP contribution in [0.15, 0.2) is 54.9 Å². The molecule has 112 valence electrons. The second kappa shape index (κ2) is 6.49. The zero-order valence-corrected chi connectivity index (χ0v) is 12.0. The van der Waals surface area contributed by atoms with Crippen molar-refractivity contribution in [1.82, 2.24) is 20.2 Å². The van der Waals surface area contributed by atoms with Gasteiger partial charge in [0.05, 0.1) is 22.9 Å². The summed E-state index contributed by atoms with van der Waals surface area (Å²) in [5, 5.41) is 19.7. The Kier molecular flexibility index (Phi) is 4.07. The van der Waals surface area contributed by atoms with Crippen LogP contribution in [0.2, 0.25) is 0 Å². The molecule has 0 atom stereocenters. The van der Waals surface area contributed by atoms with Crippen molar-refractivity contribution in [3.05, 3.63) is 71.5 Å². The normalized spacial score (nSPS) is 10.0. The zero-order chi connectivity index (χ0) is 16.1. The Labute approximate surface area is 131 Å². The third-order valence-electron chi connectivity index (χ3n) is 3.12. The molecule has 3 aromatic rings. The van der Waals surface area contributed by atoms with Gasteiger partial charge in [-0.1, -0.05) is 18.2 Å². The summed E-state index contributed by atoms with van der Waals surface area (Å²) in [7, 11) is 0. The van der Waals surface area contributed by atoms with Crippen molar-refractivity contribution in [2.24, 2.45) is 0 Å². The lowest BCUT2D eigenvalue weighted by Crippen LogP contribution is -2.06. The van der Waals surface area contributed by atoms with Crippen molar-refractivity contribution >= 4 is 5.97 Å². The maximum atomic E-state index is 12.1. The van der Waals surface area contributed by atoms with Crippen LogP contribution in [-0.4, -0.2) is 26.2 Å². The predicted octanol–water partition coefficient (Wildman–Crippen LogP) is 1.89. The molecule has 0 spiro atoms. The summed E-state index contributed by atoms with van der Waals surface area (Å²) >= 11 is 0. The summed E-state index contributed by atoms with van der Waals surface area (Å²) in [4.78, 5) is 12.1. The molecule has 1 heterocycles. The Morgan fingerprint density at radius 1 is 1.22 bits per heavy atom. The first-order valence-corrected chi connectivity index (χ1v) is 6.76. The van der Waals surface area contributed by atoms with Crippen LogP contribution in [0.4, 0.5) is 0 Å². The molecule has 0 radical (unpaired) electrons. The van der Waals surface area contributed by atoms with Gasteiger partial charge in [-0.25, -0.2) is 9.48 Å². The molecule has 0 aliphatic heterocycles. The van der Waals surface area contributed by atoms with Crippen molar-refractivity contribution in [1.29, 1.82) is 5.26 Å². The van der Waals surface area contributed by atoms with Crippen molar-refractivity contribution < 1.29 is 9.53 Å². The molecule has 7 nitrogen and oxygen atoms in total. The number of nitriles is 1. The number of carbonyl (C=O) groups is 1. The van der Waals surface area contributed by atoms with Crippen LogP contribution in [0.3, 0.4) is 0 Å². The van der Waals surface area contributed by atoms with Crippen LogP contribution in [0.25, 0.3) is 5.69 Å². The number of benzene rings is 2. The molecule has 0 saturated carbocycles. The summed E-state index contributed by atoms with van der Waals surface area (Å²) in [5.74, 6) is -0.456. The number of esters is 1. The number of rotatable bonds is 4. The molecule has 0 unspecified atom stereocenters. The number of nitrogens with zero attached hydrogens (tertiary/aromatic N) is 5. The summed E-state index contributed by atoms with van der Waals surface area (Å²) in [6, 6.07) is 15.8. The average molecular weight is 305 g/mol. The third kappa shape index (κ3) is 3.39. The molecule has 0 aliphatic rings. The van der Waals surface area contributed by atoms with E-state index in [2.05, 4.69) is 15.5 Å². The Bertz CT molecular complexity index is 868. The van der Waals surface area contributed by atoms with Crippen molar-refractivity contribution in [3.8, 4) is 11.8 Å². The summed E-state index contributed by atoms with van der Waals surface area (Å²) in [6.45, 7) is 0.101. The van der Waals surface area contributed by atoms with Gasteiger partial charge in [0.2, 0.25) is 0 Å². The van der Waals surface area contributed by atoms with Crippen LogP contribution in [0, 0.1) is 11.3 Å². The maximum Gasteiger partial charge on any atom is 0.338 e. The average Bonchev–Trinajstić information content (AvgIpc) is 3.14. The molecule has 0 amide bonds. The first-order valence-electron chi connectivity index (χ1n) is 6.76. The monoisotopic (exact) mass is 305 g/mol. The molecule has 23 heavy (non-hydrogen) atoms. The van der Waals surface area contributed by atoms with E-state index < -0.39 is 5.97 Å². The van der Waals surface area contributed by atoms with E-state index in [4.69, 9.17) is 10.00 Å². The predicted molar refractivity (Wildman–Crippen MR) is 79.4 cm³/mol. The van der Waals surface area contributed by atoms with Gasteiger partial charge in [-0.15, -0.1) is 5.10 Å². The fourth-order valence-electron chi connectivity index (χ4n) is 2.02. The first kappa shape index (κ1) is 14.4. The van der Waals surface area contributed by atoms with Gasteiger partial charge in [-0.2, -0.15) is 5.26 Å². The SMILES string of the molecule is N#Cc1cccc(COC(=O)c2cccc(-n3cnnn3)c2)c1. The highest BCUT2D eigenvalue weighted by Crippen LogP contribution is 2.12. The first-order chi connectivity index (χ1) is 11.3. The highest BCUT2D eigenvalue weighted by atomic mass is 16.5. The Morgan fingerprint density at radius 3 is 2.87 bits per heavy atom. The third-order valence-corrected chi connectivity index (χ3v) is 3.12. The zero-order valence-electron chi connectivity index (χ0n) is 12.0. The molecule has 0 fully saturated rings. The molecular weight excluding hydrogens is 294 g/mol. The van der Waals surface area contributed by atoms with Gasteiger partial charge in [-0.3, -0.25) is 0 Å². The fraction of sp³-hybridized carbons (Fsp3) is 0.0625. The number of ether oxygens (including phenoxy) is 1. The molecule has 2 aromatic carbocycles. The van der Waals surface area contributed by atoms with Crippen LogP contribution in [-0.2, 0) is 11.3 Å². The van der Waals surface area contributed by atoms with Crippen LogP contribution < -0.4 is 0 Å².